The molecule has 0 aromatic carbocycles. The van der Waals surface area contributed by atoms with Crippen LogP contribution >= 0.6 is 11.6 Å². The third-order valence-corrected chi connectivity index (χ3v) is 3.71. The zero-order valence-electron chi connectivity index (χ0n) is 12.3. The highest BCUT2D eigenvalue weighted by Gasteiger charge is 2.11. The van der Waals surface area contributed by atoms with Crippen LogP contribution in [0.5, 0.6) is 0 Å². The van der Waals surface area contributed by atoms with E-state index in [-0.39, 0.29) is 0 Å². The molecule has 0 aliphatic rings. The lowest BCUT2D eigenvalue weighted by Gasteiger charge is -2.24. The molecule has 0 fully saturated rings. The molecule has 4 nitrogen and oxygen atoms in total. The number of pyridine rings is 1. The summed E-state index contributed by atoms with van der Waals surface area (Å²) in [6, 6.07) is 4.62. The first-order valence-corrected chi connectivity index (χ1v) is 7.22. The quantitative estimate of drug-likeness (QED) is 0.821. The summed E-state index contributed by atoms with van der Waals surface area (Å²) in [6.45, 7) is 6.10. The van der Waals surface area contributed by atoms with Gasteiger partial charge in [0, 0.05) is 37.1 Å². The fraction of sp³-hybridized carbons (Fsp3) is 0.467. The van der Waals surface area contributed by atoms with Gasteiger partial charge < -0.3 is 4.90 Å². The number of rotatable bonds is 6. The molecule has 2 aromatic rings. The second-order valence-electron chi connectivity index (χ2n) is 5.28. The SMILES string of the molecule is Cc1ccnc(C[C@@H](C)N(C)CCn2cc(Cl)cn2)c1. The van der Waals surface area contributed by atoms with Crippen molar-refractivity contribution in [2.24, 2.45) is 0 Å². The van der Waals surface area contributed by atoms with Crippen molar-refractivity contribution in [3.05, 3.63) is 47.0 Å². The highest BCUT2D eigenvalue weighted by atomic mass is 35.5. The molecule has 0 amide bonds. The van der Waals surface area contributed by atoms with Crippen LogP contribution in [-0.2, 0) is 13.0 Å². The fourth-order valence-corrected chi connectivity index (χ4v) is 2.27. The van der Waals surface area contributed by atoms with Crippen molar-refractivity contribution >= 4 is 11.6 Å². The van der Waals surface area contributed by atoms with Gasteiger partial charge in [-0.15, -0.1) is 0 Å². The van der Waals surface area contributed by atoms with E-state index < -0.39 is 0 Å². The lowest BCUT2D eigenvalue weighted by molar-refractivity contribution is 0.241. The minimum Gasteiger partial charge on any atom is -0.301 e. The second kappa shape index (κ2) is 6.86. The van der Waals surface area contributed by atoms with E-state index in [1.54, 1.807) is 6.20 Å². The van der Waals surface area contributed by atoms with E-state index in [0.29, 0.717) is 11.1 Å². The highest BCUT2D eigenvalue weighted by molar-refractivity contribution is 6.30. The van der Waals surface area contributed by atoms with Crippen molar-refractivity contribution < 1.29 is 0 Å². The van der Waals surface area contributed by atoms with Crippen molar-refractivity contribution in [2.75, 3.05) is 13.6 Å². The molecule has 20 heavy (non-hydrogen) atoms. The molecule has 0 saturated heterocycles. The molecule has 2 aromatic heterocycles. The van der Waals surface area contributed by atoms with Crippen LogP contribution < -0.4 is 0 Å². The van der Waals surface area contributed by atoms with Gasteiger partial charge in [-0.2, -0.15) is 5.10 Å². The number of halogens is 1. The van der Waals surface area contributed by atoms with Gasteiger partial charge in [-0.3, -0.25) is 9.67 Å². The van der Waals surface area contributed by atoms with Gasteiger partial charge in [0.15, 0.2) is 0 Å². The second-order valence-corrected chi connectivity index (χ2v) is 5.72. The molecule has 0 spiro atoms. The van der Waals surface area contributed by atoms with Crippen LogP contribution in [0.1, 0.15) is 18.2 Å². The summed E-state index contributed by atoms with van der Waals surface area (Å²) < 4.78 is 1.87. The number of aryl methyl sites for hydroxylation is 1. The summed E-state index contributed by atoms with van der Waals surface area (Å²) >= 11 is 5.86. The molecule has 0 saturated carbocycles. The van der Waals surface area contributed by atoms with Crippen LogP contribution in [0.25, 0.3) is 0 Å². The van der Waals surface area contributed by atoms with Crippen LogP contribution in [-0.4, -0.2) is 39.3 Å². The van der Waals surface area contributed by atoms with Gasteiger partial charge in [0.2, 0.25) is 0 Å². The van der Waals surface area contributed by atoms with Crippen molar-refractivity contribution in [3.63, 3.8) is 0 Å². The van der Waals surface area contributed by atoms with E-state index in [0.717, 1.165) is 25.2 Å². The van der Waals surface area contributed by atoms with Crippen LogP contribution in [0.4, 0.5) is 0 Å². The Morgan fingerprint density at radius 3 is 2.90 bits per heavy atom. The Morgan fingerprint density at radius 2 is 2.25 bits per heavy atom. The molecule has 2 heterocycles. The maximum absolute atomic E-state index is 5.86. The van der Waals surface area contributed by atoms with Crippen molar-refractivity contribution in [2.45, 2.75) is 32.9 Å². The van der Waals surface area contributed by atoms with Gasteiger partial charge in [-0.1, -0.05) is 11.6 Å². The molecule has 108 valence electrons. The minimum atomic E-state index is 0.440. The Bertz CT molecular complexity index is 552. The molecule has 0 bridgehead atoms. The van der Waals surface area contributed by atoms with Gasteiger partial charge in [-0.25, -0.2) is 0 Å². The van der Waals surface area contributed by atoms with Crippen molar-refractivity contribution in [1.29, 1.82) is 0 Å². The summed E-state index contributed by atoms with van der Waals surface area (Å²) in [4.78, 5) is 6.74. The average molecular weight is 293 g/mol. The molecule has 1 atom stereocenters. The fourth-order valence-electron chi connectivity index (χ4n) is 2.11. The van der Waals surface area contributed by atoms with E-state index in [4.69, 9.17) is 11.6 Å². The first-order chi connectivity index (χ1) is 9.54. The summed E-state index contributed by atoms with van der Waals surface area (Å²) in [5.74, 6) is 0. The first-order valence-electron chi connectivity index (χ1n) is 6.84. The van der Waals surface area contributed by atoms with Crippen molar-refractivity contribution in [3.8, 4) is 0 Å². The number of aromatic nitrogens is 3. The number of likely N-dealkylation sites (N-methyl/N-ethyl adjacent to an activating group) is 1. The van der Waals surface area contributed by atoms with E-state index in [1.165, 1.54) is 5.56 Å². The third-order valence-electron chi connectivity index (χ3n) is 3.51. The first kappa shape index (κ1) is 15.0. The minimum absolute atomic E-state index is 0.440. The molecular weight excluding hydrogens is 272 g/mol. The third kappa shape index (κ3) is 4.32. The van der Waals surface area contributed by atoms with Crippen LogP contribution in [0.3, 0.4) is 0 Å². The zero-order chi connectivity index (χ0) is 14.5. The predicted molar refractivity (Wildman–Crippen MR) is 82.0 cm³/mol. The Labute approximate surface area is 125 Å². The smallest absolute Gasteiger partial charge is 0.0785 e. The lowest BCUT2D eigenvalue weighted by Crippen LogP contribution is -2.33. The molecule has 0 radical (unpaired) electrons. The molecular formula is C15H21ClN4. The Balaban J connectivity index is 1.84. The molecule has 0 aliphatic heterocycles. The number of hydrogen-bond donors (Lipinski definition) is 0. The standard InChI is InChI=1S/C15H21ClN4/c1-12-4-5-17-15(8-12)9-13(2)19(3)6-7-20-11-14(16)10-18-20/h4-5,8,10-11,13H,6-7,9H2,1-3H3/t13-/m1/s1. The van der Waals surface area contributed by atoms with Gasteiger partial charge in [-0.05, 0) is 38.6 Å². The van der Waals surface area contributed by atoms with Gasteiger partial charge in [0.1, 0.15) is 0 Å². The van der Waals surface area contributed by atoms with Gasteiger partial charge in [0.05, 0.1) is 17.8 Å². The Hall–Kier alpha value is -1.39. The number of hydrogen-bond acceptors (Lipinski definition) is 3. The zero-order valence-corrected chi connectivity index (χ0v) is 13.0. The van der Waals surface area contributed by atoms with Crippen molar-refractivity contribution in [1.82, 2.24) is 19.7 Å². The van der Waals surface area contributed by atoms with Gasteiger partial charge >= 0.3 is 0 Å². The van der Waals surface area contributed by atoms with E-state index in [2.05, 4.69) is 41.9 Å². The van der Waals surface area contributed by atoms with E-state index in [9.17, 15) is 0 Å². The maximum Gasteiger partial charge on any atom is 0.0785 e. The largest absolute Gasteiger partial charge is 0.301 e. The van der Waals surface area contributed by atoms with Crippen LogP contribution in [0.2, 0.25) is 5.02 Å². The normalized spacial score (nSPS) is 12.8. The summed E-state index contributed by atoms with van der Waals surface area (Å²) in [6.07, 6.45) is 6.35. The molecule has 0 N–H and O–H groups in total. The predicted octanol–water partition coefficient (Wildman–Crippen LogP) is 2.80. The Kier molecular flexibility index (Phi) is 5.15. The van der Waals surface area contributed by atoms with Gasteiger partial charge in [0.25, 0.3) is 0 Å². The van der Waals surface area contributed by atoms with E-state index in [1.807, 2.05) is 23.1 Å². The molecule has 0 aliphatic carbocycles. The van der Waals surface area contributed by atoms with Crippen LogP contribution in [0, 0.1) is 6.92 Å². The molecule has 5 heteroatoms. The van der Waals surface area contributed by atoms with Crippen LogP contribution in [0.15, 0.2) is 30.7 Å². The lowest BCUT2D eigenvalue weighted by atomic mass is 10.1. The Morgan fingerprint density at radius 1 is 1.45 bits per heavy atom. The highest BCUT2D eigenvalue weighted by Crippen LogP contribution is 2.08. The topological polar surface area (TPSA) is 34.0 Å². The van der Waals surface area contributed by atoms with E-state index >= 15 is 0 Å². The average Bonchev–Trinajstić information content (AvgIpc) is 2.81. The summed E-state index contributed by atoms with van der Waals surface area (Å²) in [5.41, 5.74) is 2.41. The maximum atomic E-state index is 5.86. The monoisotopic (exact) mass is 292 g/mol. The number of nitrogens with zero attached hydrogens (tertiary/aromatic N) is 4. The summed E-state index contributed by atoms with van der Waals surface area (Å²) in [7, 11) is 2.13. The summed E-state index contributed by atoms with van der Waals surface area (Å²) in [5, 5.41) is 4.87. The molecule has 0 unspecified atom stereocenters. The molecule has 2 rings (SSSR count).